The van der Waals surface area contributed by atoms with Gasteiger partial charge in [-0.25, -0.2) is 4.42 Å². The lowest BCUT2D eigenvalue weighted by Crippen LogP contribution is -2.65. The summed E-state index contributed by atoms with van der Waals surface area (Å²) >= 11 is 0. The molecule has 0 bridgehead atoms. The van der Waals surface area contributed by atoms with Crippen LogP contribution < -0.4 is 30.8 Å². The first-order valence-electron chi connectivity index (χ1n) is 15.1. The number of hydrogen-bond acceptors (Lipinski definition) is 5. The Morgan fingerprint density at radius 2 is 1.33 bits per heavy atom. The van der Waals surface area contributed by atoms with E-state index < -0.39 is 0 Å². The third kappa shape index (κ3) is 6.56. The first-order valence-corrected chi connectivity index (χ1v) is 15.1. The van der Waals surface area contributed by atoms with E-state index in [1.54, 1.807) is 20.3 Å². The molecule has 6 heteroatoms. The molecule has 6 nitrogen and oxygen atoms in total. The summed E-state index contributed by atoms with van der Waals surface area (Å²) in [5.74, 6) is 4.05. The number of benzene rings is 2. The Bertz CT molecular complexity index is 1960. The quantitative estimate of drug-likeness (QED) is 0.226. The van der Waals surface area contributed by atoms with Gasteiger partial charge in [-0.05, 0) is 99.5 Å². The number of rotatable bonds is 6. The van der Waals surface area contributed by atoms with Crippen molar-refractivity contribution in [3.63, 3.8) is 0 Å². The highest BCUT2D eigenvalue weighted by Crippen LogP contribution is 2.37. The van der Waals surface area contributed by atoms with Crippen LogP contribution in [0.2, 0.25) is 0 Å². The molecule has 3 aromatic carbocycles. The van der Waals surface area contributed by atoms with Crippen molar-refractivity contribution < 1.29 is 18.6 Å². The average Bonchev–Trinajstić information content (AvgIpc) is 3.02. The van der Waals surface area contributed by atoms with Gasteiger partial charge >= 0.3 is 11.5 Å². The van der Waals surface area contributed by atoms with E-state index in [1.165, 1.54) is 0 Å². The van der Waals surface area contributed by atoms with Crippen molar-refractivity contribution in [3.8, 4) is 22.8 Å². The Morgan fingerprint density at radius 3 is 1.84 bits per heavy atom. The molecule has 0 amide bonds. The number of ether oxygens (including phenoxy) is 3. The van der Waals surface area contributed by atoms with Crippen molar-refractivity contribution in [1.82, 2.24) is 0 Å². The van der Waals surface area contributed by atoms with E-state index in [-0.39, 0.29) is 38.0 Å². The molecule has 0 saturated heterocycles. The highest BCUT2D eigenvalue weighted by molar-refractivity contribution is 5.70. The molecule has 0 fully saturated rings. The van der Waals surface area contributed by atoms with Crippen molar-refractivity contribution in [2.45, 2.75) is 53.9 Å². The lowest BCUT2D eigenvalue weighted by Gasteiger charge is -2.29. The van der Waals surface area contributed by atoms with Crippen LogP contribution in [0.15, 0.2) is 92.6 Å². The second kappa shape index (κ2) is 12.0. The molecule has 0 radical (unpaired) electrons. The molecule has 45 heavy (non-hydrogen) atoms. The van der Waals surface area contributed by atoms with Crippen molar-refractivity contribution in [2.24, 2.45) is 11.3 Å². The van der Waals surface area contributed by atoms with E-state index in [1.807, 2.05) is 79.7 Å². The van der Waals surface area contributed by atoms with Gasteiger partial charge in [0.15, 0.2) is 0 Å². The van der Waals surface area contributed by atoms with Gasteiger partial charge in [-0.2, -0.15) is 0 Å². The number of methoxy groups -OCH3 is 2. The van der Waals surface area contributed by atoms with Crippen LogP contribution >= 0.6 is 0 Å². The van der Waals surface area contributed by atoms with E-state index in [2.05, 4.69) is 41.5 Å². The van der Waals surface area contributed by atoms with Crippen LogP contribution in [0.5, 0.6) is 11.5 Å². The van der Waals surface area contributed by atoms with Crippen molar-refractivity contribution >= 4 is 17.4 Å². The van der Waals surface area contributed by atoms with Crippen molar-refractivity contribution in [3.05, 3.63) is 126 Å². The molecule has 5 rings (SSSR count). The van der Waals surface area contributed by atoms with Gasteiger partial charge in [0.2, 0.25) is 10.9 Å². The Labute approximate surface area is 264 Å². The lowest BCUT2D eigenvalue weighted by molar-refractivity contribution is 0.257. The maximum atomic E-state index is 13.6. The summed E-state index contributed by atoms with van der Waals surface area (Å²) in [6.45, 7) is 14.2. The highest BCUT2D eigenvalue weighted by Gasteiger charge is 2.31. The normalized spacial score (nSPS) is 15.2. The van der Waals surface area contributed by atoms with Gasteiger partial charge in [0, 0.05) is 23.0 Å². The van der Waals surface area contributed by atoms with Crippen LogP contribution in [-0.4, -0.2) is 14.2 Å². The first kappa shape index (κ1) is 31.7. The van der Waals surface area contributed by atoms with Crippen molar-refractivity contribution in [1.29, 1.82) is 0 Å². The van der Waals surface area contributed by atoms with E-state index in [0.29, 0.717) is 17.1 Å². The summed E-state index contributed by atoms with van der Waals surface area (Å²) < 4.78 is 23.2. The summed E-state index contributed by atoms with van der Waals surface area (Å²) in [7, 11) is 3.25. The van der Waals surface area contributed by atoms with Gasteiger partial charge in [-0.1, -0.05) is 26.8 Å². The number of allylic oxidation sites excluding steroid dienone is 3. The number of hydrogen-bond donors (Lipinski definition) is 0. The summed E-state index contributed by atoms with van der Waals surface area (Å²) in [4.78, 5) is 27.2. The Morgan fingerprint density at radius 1 is 0.778 bits per heavy atom. The van der Waals surface area contributed by atoms with E-state index in [4.69, 9.17) is 18.6 Å². The molecule has 1 aromatic heterocycles. The molecule has 2 heterocycles. The topological polar surface area (TPSA) is 73.1 Å². The summed E-state index contributed by atoms with van der Waals surface area (Å²) in [5, 5.41) is 0.401. The lowest BCUT2D eigenvalue weighted by atomic mass is 9.88. The SMILES string of the molecule is COc1ccc(C2=CC(C=c3c(=O)c(=C(C)c4cc(-c5ccc(OC)cc5)[o+]c(C(C)(C)C)c4)c3=O)C=C(C(C)(C)C)O2)cc1. The Balaban J connectivity index is 1.60. The van der Waals surface area contributed by atoms with Gasteiger partial charge in [0.25, 0.3) is 0 Å². The van der Waals surface area contributed by atoms with E-state index >= 15 is 0 Å². The fraction of sp³-hybridized carbons (Fsp3) is 0.308. The molecule has 1 unspecified atom stereocenters. The molecule has 1 aliphatic rings. The fourth-order valence-corrected chi connectivity index (χ4v) is 5.22. The third-order valence-corrected chi connectivity index (χ3v) is 8.04. The minimum atomic E-state index is -0.297. The zero-order valence-electron chi connectivity index (χ0n) is 27.5. The van der Waals surface area contributed by atoms with Gasteiger partial charge in [-0.15, -0.1) is 0 Å². The molecule has 0 spiro atoms. The zero-order valence-corrected chi connectivity index (χ0v) is 27.5. The van der Waals surface area contributed by atoms with Gasteiger partial charge in [-0.3, -0.25) is 9.59 Å². The zero-order chi connectivity index (χ0) is 32.7. The standard InChI is InChI=1S/C39H41O6/c1-23(27-21-32(45-34(22-27)39(5,6)7)26-12-16-29(43-9)17-13-26)35-36(40)30(37(35)41)18-24-19-31(44-33(20-24)38(2,3)4)25-10-14-28(42-8)15-11-25/h10-22,24H,1-9H3/q+1. The second-order valence-electron chi connectivity index (χ2n) is 13.5. The molecule has 4 aromatic rings. The third-order valence-electron chi connectivity index (χ3n) is 8.04. The predicted octanol–water partition coefficient (Wildman–Crippen LogP) is 6.76. The van der Waals surface area contributed by atoms with Crippen LogP contribution in [0.1, 0.15) is 65.4 Å². The predicted molar refractivity (Wildman–Crippen MR) is 180 cm³/mol. The molecule has 1 atom stereocenters. The van der Waals surface area contributed by atoms with Crippen LogP contribution in [0.3, 0.4) is 0 Å². The van der Waals surface area contributed by atoms with Crippen LogP contribution in [0.25, 0.3) is 28.7 Å². The summed E-state index contributed by atoms with van der Waals surface area (Å²) in [6, 6.07) is 19.0. The molecule has 0 N–H and O–H groups in total. The molecule has 1 aliphatic heterocycles. The molecule has 232 valence electrons. The maximum absolute atomic E-state index is 13.6. The van der Waals surface area contributed by atoms with Gasteiger partial charge < -0.3 is 14.2 Å². The Hall–Kier alpha value is -4.71. The van der Waals surface area contributed by atoms with E-state index in [0.717, 1.165) is 39.7 Å². The minimum Gasteiger partial charge on any atom is -0.497 e. The second-order valence-corrected chi connectivity index (χ2v) is 13.5. The molecular weight excluding hydrogens is 564 g/mol. The summed E-state index contributed by atoms with van der Waals surface area (Å²) in [5.41, 5.74) is 2.08. The first-order chi connectivity index (χ1) is 21.2. The minimum absolute atomic E-state index is 0.193. The largest absolute Gasteiger partial charge is 0.497 e. The van der Waals surface area contributed by atoms with Crippen LogP contribution in [0.4, 0.5) is 0 Å². The van der Waals surface area contributed by atoms with Crippen LogP contribution in [-0.2, 0) is 10.2 Å². The monoisotopic (exact) mass is 605 g/mol. The van der Waals surface area contributed by atoms with Gasteiger partial charge in [0.1, 0.15) is 23.0 Å². The molecule has 0 aliphatic carbocycles. The fourth-order valence-electron chi connectivity index (χ4n) is 5.22. The molecule has 0 saturated carbocycles. The Kier molecular flexibility index (Phi) is 8.45. The van der Waals surface area contributed by atoms with Crippen LogP contribution in [0, 0.1) is 11.3 Å². The molecular formula is C39H41O6+. The maximum Gasteiger partial charge on any atom is 0.360 e. The van der Waals surface area contributed by atoms with E-state index in [9.17, 15) is 9.59 Å². The summed E-state index contributed by atoms with van der Waals surface area (Å²) in [6.07, 6.45) is 5.67. The van der Waals surface area contributed by atoms with Crippen molar-refractivity contribution in [2.75, 3.05) is 14.2 Å². The average molecular weight is 606 g/mol. The highest BCUT2D eigenvalue weighted by atomic mass is 16.5. The van der Waals surface area contributed by atoms with Gasteiger partial charge in [0.05, 0.1) is 41.7 Å². The smallest absolute Gasteiger partial charge is 0.360 e.